The van der Waals surface area contributed by atoms with Gasteiger partial charge in [0.2, 0.25) is 11.8 Å². The molecule has 1 aliphatic rings. The van der Waals surface area contributed by atoms with E-state index < -0.39 is 0 Å². The fourth-order valence-corrected chi connectivity index (χ4v) is 3.07. The summed E-state index contributed by atoms with van der Waals surface area (Å²) >= 11 is 1.72. The van der Waals surface area contributed by atoms with Crippen LogP contribution >= 0.6 is 11.8 Å². The molecule has 2 atom stereocenters. The number of amides is 2. The van der Waals surface area contributed by atoms with Crippen LogP contribution in [0.1, 0.15) is 40.5 Å². The topological polar surface area (TPSA) is 49.4 Å². The van der Waals surface area contributed by atoms with Gasteiger partial charge >= 0.3 is 0 Å². The molecule has 0 aromatic rings. The van der Waals surface area contributed by atoms with Gasteiger partial charge in [-0.1, -0.05) is 20.8 Å². The fraction of sp³-hybridized carbons (Fsp3) is 0.857. The zero-order valence-electron chi connectivity index (χ0n) is 12.4. The van der Waals surface area contributed by atoms with Crippen LogP contribution in [0.5, 0.6) is 0 Å². The third-order valence-corrected chi connectivity index (χ3v) is 5.07. The van der Waals surface area contributed by atoms with Gasteiger partial charge in [-0.05, 0) is 18.8 Å². The first-order valence-electron chi connectivity index (χ1n) is 7.06. The van der Waals surface area contributed by atoms with Gasteiger partial charge in [0.05, 0.1) is 5.75 Å². The van der Waals surface area contributed by atoms with Crippen molar-refractivity contribution >= 4 is 23.6 Å². The molecule has 0 saturated carbocycles. The average Bonchev–Trinajstić information content (AvgIpc) is 2.34. The largest absolute Gasteiger partial charge is 0.352 e. The van der Waals surface area contributed by atoms with Crippen molar-refractivity contribution in [2.45, 2.75) is 51.8 Å². The average molecular weight is 286 g/mol. The smallest absolute Gasteiger partial charge is 0.232 e. The Morgan fingerprint density at radius 3 is 2.63 bits per heavy atom. The Hall–Kier alpha value is -0.710. The predicted molar refractivity (Wildman–Crippen MR) is 80.2 cm³/mol. The molecule has 1 N–H and O–H groups in total. The molecule has 5 heteroatoms. The second kappa shape index (κ2) is 7.78. The number of hydrogen-bond acceptors (Lipinski definition) is 3. The van der Waals surface area contributed by atoms with Crippen LogP contribution in [0.15, 0.2) is 0 Å². The molecule has 1 rings (SSSR count). The third-order valence-electron chi connectivity index (χ3n) is 3.59. The number of likely N-dealkylation sites (tertiary alicyclic amines) is 1. The van der Waals surface area contributed by atoms with E-state index in [9.17, 15) is 9.59 Å². The van der Waals surface area contributed by atoms with E-state index in [0.717, 1.165) is 19.4 Å². The van der Waals surface area contributed by atoms with Gasteiger partial charge < -0.3 is 10.2 Å². The molecule has 0 aromatic carbocycles. The van der Waals surface area contributed by atoms with E-state index in [2.05, 4.69) is 26.1 Å². The molecule has 1 heterocycles. The SMILES string of the molecule is CC(=O)N[C@H]1CCCN(C(=O)CS[C@@H](C)C(C)C)C1. The number of piperidine rings is 1. The van der Waals surface area contributed by atoms with Gasteiger partial charge in [0.1, 0.15) is 0 Å². The minimum Gasteiger partial charge on any atom is -0.352 e. The first-order chi connectivity index (χ1) is 8.90. The number of carbonyl (C=O) groups excluding carboxylic acids is 2. The van der Waals surface area contributed by atoms with E-state index in [4.69, 9.17) is 0 Å². The highest BCUT2D eigenvalue weighted by Crippen LogP contribution is 2.20. The van der Waals surface area contributed by atoms with Crippen molar-refractivity contribution in [3.05, 3.63) is 0 Å². The summed E-state index contributed by atoms with van der Waals surface area (Å²) in [6.07, 6.45) is 1.94. The van der Waals surface area contributed by atoms with Crippen LogP contribution in [0.4, 0.5) is 0 Å². The Labute approximate surface area is 120 Å². The summed E-state index contributed by atoms with van der Waals surface area (Å²) in [6, 6.07) is 0.128. The molecule has 0 unspecified atom stereocenters. The van der Waals surface area contributed by atoms with Gasteiger partial charge in [-0.2, -0.15) is 0 Å². The van der Waals surface area contributed by atoms with Gasteiger partial charge in [0.25, 0.3) is 0 Å². The summed E-state index contributed by atoms with van der Waals surface area (Å²) in [5.74, 6) is 1.33. The Bertz CT molecular complexity index is 321. The normalized spacial score (nSPS) is 21.3. The molecule has 0 spiro atoms. The molecule has 0 bridgehead atoms. The molecule has 0 aromatic heterocycles. The summed E-state index contributed by atoms with van der Waals surface area (Å²) in [4.78, 5) is 25.1. The van der Waals surface area contributed by atoms with Crippen molar-refractivity contribution in [1.82, 2.24) is 10.2 Å². The van der Waals surface area contributed by atoms with E-state index in [-0.39, 0.29) is 17.9 Å². The first kappa shape index (κ1) is 16.3. The van der Waals surface area contributed by atoms with Crippen LogP contribution in [0.25, 0.3) is 0 Å². The molecular weight excluding hydrogens is 260 g/mol. The van der Waals surface area contributed by atoms with E-state index in [0.29, 0.717) is 23.5 Å². The monoisotopic (exact) mass is 286 g/mol. The van der Waals surface area contributed by atoms with Gasteiger partial charge in [0.15, 0.2) is 0 Å². The maximum atomic E-state index is 12.1. The lowest BCUT2D eigenvalue weighted by Crippen LogP contribution is -2.49. The lowest BCUT2D eigenvalue weighted by atomic mass is 10.1. The molecule has 19 heavy (non-hydrogen) atoms. The molecule has 2 amide bonds. The van der Waals surface area contributed by atoms with E-state index in [1.54, 1.807) is 11.8 Å². The zero-order chi connectivity index (χ0) is 14.4. The number of hydrogen-bond donors (Lipinski definition) is 1. The second-order valence-corrected chi connectivity index (χ2v) is 7.01. The van der Waals surface area contributed by atoms with Gasteiger partial charge in [0, 0.05) is 31.3 Å². The fourth-order valence-electron chi connectivity index (χ4n) is 2.10. The molecule has 4 nitrogen and oxygen atoms in total. The van der Waals surface area contributed by atoms with Gasteiger partial charge in [-0.3, -0.25) is 9.59 Å². The standard InChI is InChI=1S/C14H26N2O2S/c1-10(2)11(3)19-9-14(18)16-7-5-6-13(8-16)15-12(4)17/h10-11,13H,5-9H2,1-4H3,(H,15,17)/t11-,13-/m0/s1. The van der Waals surface area contributed by atoms with Crippen molar-refractivity contribution in [3.8, 4) is 0 Å². The van der Waals surface area contributed by atoms with Crippen LogP contribution in [-0.4, -0.2) is 46.8 Å². The highest BCUT2D eigenvalue weighted by Gasteiger charge is 2.24. The molecule has 0 radical (unpaired) electrons. The number of nitrogens with zero attached hydrogens (tertiary/aromatic N) is 1. The molecule has 1 saturated heterocycles. The summed E-state index contributed by atoms with van der Waals surface area (Å²) < 4.78 is 0. The third kappa shape index (κ3) is 5.85. The van der Waals surface area contributed by atoms with E-state index >= 15 is 0 Å². The summed E-state index contributed by atoms with van der Waals surface area (Å²) in [7, 11) is 0. The zero-order valence-corrected chi connectivity index (χ0v) is 13.3. The molecular formula is C14H26N2O2S. The van der Waals surface area contributed by atoms with Crippen molar-refractivity contribution in [3.63, 3.8) is 0 Å². The quantitative estimate of drug-likeness (QED) is 0.839. The van der Waals surface area contributed by atoms with Crippen molar-refractivity contribution in [2.75, 3.05) is 18.8 Å². The highest BCUT2D eigenvalue weighted by atomic mass is 32.2. The number of rotatable bonds is 5. The van der Waals surface area contributed by atoms with Crippen LogP contribution in [-0.2, 0) is 9.59 Å². The van der Waals surface area contributed by atoms with Crippen LogP contribution in [0.3, 0.4) is 0 Å². The molecule has 0 aliphatic carbocycles. The molecule has 110 valence electrons. The highest BCUT2D eigenvalue weighted by molar-refractivity contribution is 8.00. The van der Waals surface area contributed by atoms with Gasteiger partial charge in [-0.25, -0.2) is 0 Å². The van der Waals surface area contributed by atoms with Crippen molar-refractivity contribution < 1.29 is 9.59 Å². The number of thioether (sulfide) groups is 1. The Morgan fingerprint density at radius 2 is 2.05 bits per heavy atom. The number of carbonyl (C=O) groups is 2. The summed E-state index contributed by atoms with van der Waals surface area (Å²) in [5.41, 5.74) is 0. The summed E-state index contributed by atoms with van der Waals surface area (Å²) in [5, 5.41) is 3.41. The Morgan fingerprint density at radius 1 is 1.37 bits per heavy atom. The Balaban J connectivity index is 2.37. The minimum atomic E-state index is -0.0119. The van der Waals surface area contributed by atoms with E-state index in [1.807, 2.05) is 4.90 Å². The minimum absolute atomic E-state index is 0.0119. The van der Waals surface area contributed by atoms with Crippen molar-refractivity contribution in [2.24, 2.45) is 5.92 Å². The molecule has 1 fully saturated rings. The van der Waals surface area contributed by atoms with Crippen molar-refractivity contribution in [1.29, 1.82) is 0 Å². The Kier molecular flexibility index (Phi) is 6.69. The summed E-state index contributed by atoms with van der Waals surface area (Å²) in [6.45, 7) is 9.53. The second-order valence-electron chi connectivity index (χ2n) is 5.64. The maximum absolute atomic E-state index is 12.1. The van der Waals surface area contributed by atoms with Crippen LogP contribution < -0.4 is 5.32 Å². The first-order valence-corrected chi connectivity index (χ1v) is 8.11. The lowest BCUT2D eigenvalue weighted by molar-refractivity contribution is -0.130. The lowest BCUT2D eigenvalue weighted by Gasteiger charge is -2.33. The van der Waals surface area contributed by atoms with Gasteiger partial charge in [-0.15, -0.1) is 11.8 Å². The van der Waals surface area contributed by atoms with Crippen LogP contribution in [0, 0.1) is 5.92 Å². The predicted octanol–water partition coefficient (Wildman–Crippen LogP) is 1.89. The maximum Gasteiger partial charge on any atom is 0.232 e. The number of nitrogens with one attached hydrogen (secondary N) is 1. The molecule has 1 aliphatic heterocycles. The van der Waals surface area contributed by atoms with Crippen LogP contribution in [0.2, 0.25) is 0 Å². The van der Waals surface area contributed by atoms with E-state index in [1.165, 1.54) is 6.92 Å².